The summed E-state index contributed by atoms with van der Waals surface area (Å²) >= 11 is 0. The average Bonchev–Trinajstić information content (AvgIpc) is 3.03. The maximum absolute atomic E-state index is 11.7. The molecular weight excluding hydrogens is 372 g/mol. The van der Waals surface area contributed by atoms with Crippen LogP contribution in [-0.4, -0.2) is 59.9 Å². The number of carboxylic acids is 1. The molecule has 0 spiro atoms. The number of guanidine groups is 1. The van der Waals surface area contributed by atoms with Crippen LogP contribution in [-0.2, 0) is 21.5 Å². The second-order valence-electron chi connectivity index (χ2n) is 5.15. The van der Waals surface area contributed by atoms with Crippen LogP contribution in [0.15, 0.2) is 4.52 Å². The van der Waals surface area contributed by atoms with Crippen molar-refractivity contribution >= 4 is 22.1 Å². The summed E-state index contributed by atoms with van der Waals surface area (Å²) in [5.41, 5.74) is 11.0. The summed E-state index contributed by atoms with van der Waals surface area (Å²) in [6, 6.07) is -2.23. The minimum absolute atomic E-state index is 0.0708. The van der Waals surface area contributed by atoms with Gasteiger partial charge in [-0.05, 0) is 12.8 Å². The summed E-state index contributed by atoms with van der Waals surface area (Å²) in [4.78, 5) is 14.7. The molecule has 1 aromatic heterocycles. The fourth-order valence-corrected chi connectivity index (χ4v) is 2.66. The van der Waals surface area contributed by atoms with Gasteiger partial charge in [-0.2, -0.15) is 22.8 Å². The van der Waals surface area contributed by atoms with Crippen molar-refractivity contribution in [1.82, 2.24) is 24.9 Å². The highest BCUT2D eigenvalue weighted by Gasteiger charge is 2.23. The van der Waals surface area contributed by atoms with Gasteiger partial charge in [0, 0.05) is 6.54 Å². The van der Waals surface area contributed by atoms with Gasteiger partial charge in [0.1, 0.15) is 6.04 Å². The first-order valence-corrected chi connectivity index (χ1v) is 8.89. The number of nitrogens with two attached hydrogens (primary N) is 2. The predicted molar refractivity (Wildman–Crippen MR) is 87.8 cm³/mol. The molecule has 0 aromatic carbocycles. The van der Waals surface area contributed by atoms with E-state index in [9.17, 15) is 13.2 Å². The van der Waals surface area contributed by atoms with E-state index in [1.54, 1.807) is 4.72 Å². The van der Waals surface area contributed by atoms with Crippen molar-refractivity contribution in [3.8, 4) is 0 Å². The molecule has 0 aliphatic heterocycles. The first kappa shape index (κ1) is 21.7. The van der Waals surface area contributed by atoms with Gasteiger partial charge >= 0.3 is 5.97 Å². The van der Waals surface area contributed by atoms with Gasteiger partial charge in [0.15, 0.2) is 11.8 Å². The van der Waals surface area contributed by atoms with E-state index in [2.05, 4.69) is 15.5 Å². The fourth-order valence-electron chi connectivity index (χ4n) is 1.72. The van der Waals surface area contributed by atoms with Gasteiger partial charge in [-0.1, -0.05) is 5.16 Å². The largest absolute Gasteiger partial charge is 0.480 e. The summed E-state index contributed by atoms with van der Waals surface area (Å²) in [5.74, 6) is -1.57. The lowest BCUT2D eigenvalue weighted by molar-refractivity contribution is -0.139. The van der Waals surface area contributed by atoms with Crippen molar-refractivity contribution in [3.05, 3.63) is 11.7 Å². The van der Waals surface area contributed by atoms with Gasteiger partial charge < -0.3 is 31.5 Å². The Morgan fingerprint density at radius 2 is 2.12 bits per heavy atom. The van der Waals surface area contributed by atoms with Crippen LogP contribution < -0.4 is 26.2 Å². The molecule has 15 heteroatoms. The minimum Gasteiger partial charge on any atom is -0.480 e. The van der Waals surface area contributed by atoms with Crippen molar-refractivity contribution in [3.63, 3.8) is 0 Å². The van der Waals surface area contributed by atoms with E-state index in [4.69, 9.17) is 31.6 Å². The molecule has 1 aromatic rings. The average molecular weight is 394 g/mol. The quantitative estimate of drug-likeness (QED) is 0.0991. The molecule has 1 heterocycles. The molecule has 0 aliphatic rings. The summed E-state index contributed by atoms with van der Waals surface area (Å²) in [5, 5.41) is 30.8. The van der Waals surface area contributed by atoms with Crippen molar-refractivity contribution in [2.24, 2.45) is 11.5 Å². The van der Waals surface area contributed by atoms with Crippen LogP contribution in [0, 0.1) is 5.41 Å². The molecule has 10 N–H and O–H groups in total. The van der Waals surface area contributed by atoms with Crippen molar-refractivity contribution in [1.29, 1.82) is 5.41 Å². The lowest BCUT2D eigenvalue weighted by Crippen LogP contribution is -2.48. The molecule has 0 saturated carbocycles. The summed E-state index contributed by atoms with van der Waals surface area (Å²) < 4.78 is 32.0. The summed E-state index contributed by atoms with van der Waals surface area (Å²) in [6.07, 6.45) is 1.07. The first-order chi connectivity index (χ1) is 12.1. The van der Waals surface area contributed by atoms with E-state index < -0.39 is 41.4 Å². The predicted octanol–water partition coefficient (Wildman–Crippen LogP) is -3.30. The zero-order valence-electron chi connectivity index (χ0n) is 13.7. The van der Waals surface area contributed by atoms with Crippen LogP contribution in [0.2, 0.25) is 0 Å². The first-order valence-electron chi connectivity index (χ1n) is 7.41. The van der Waals surface area contributed by atoms with Gasteiger partial charge in [0.2, 0.25) is 5.89 Å². The van der Waals surface area contributed by atoms with Crippen molar-refractivity contribution in [2.75, 3.05) is 13.2 Å². The third-order valence-corrected chi connectivity index (χ3v) is 4.13. The van der Waals surface area contributed by atoms with Gasteiger partial charge in [0.05, 0.1) is 19.2 Å². The second kappa shape index (κ2) is 9.97. The van der Waals surface area contributed by atoms with Crippen LogP contribution in [0.1, 0.15) is 30.6 Å². The van der Waals surface area contributed by atoms with Crippen LogP contribution in [0.4, 0.5) is 0 Å². The Balaban J connectivity index is 2.50. The number of carboxylic acid groups (broad SMARTS) is 1. The third-order valence-electron chi connectivity index (χ3n) is 3.01. The number of aliphatic carboxylic acids is 1. The number of nitrogens with one attached hydrogen (secondary N) is 4. The van der Waals surface area contributed by atoms with Gasteiger partial charge in [-0.25, -0.2) is 0 Å². The number of aliphatic hydroxyl groups is 1. The second-order valence-corrected chi connectivity index (χ2v) is 6.68. The Labute approximate surface area is 149 Å². The number of aromatic nitrogens is 2. The Morgan fingerprint density at radius 1 is 1.42 bits per heavy atom. The minimum atomic E-state index is -4.21. The topological polar surface area (TPSA) is 243 Å². The smallest absolute Gasteiger partial charge is 0.324 e. The Morgan fingerprint density at radius 3 is 2.69 bits per heavy atom. The summed E-state index contributed by atoms with van der Waals surface area (Å²) in [7, 11) is -4.21. The van der Waals surface area contributed by atoms with E-state index in [1.165, 1.54) is 0 Å². The Bertz CT molecular complexity index is 707. The van der Waals surface area contributed by atoms with E-state index >= 15 is 0 Å². The van der Waals surface area contributed by atoms with Crippen molar-refractivity contribution < 1.29 is 27.9 Å². The number of nitrogens with zero attached hydrogens (tertiary/aromatic N) is 2. The molecular formula is C11H22N8O6S. The molecule has 14 nitrogen and oxygen atoms in total. The number of carbonyl (C=O) groups is 1. The molecule has 2 atom stereocenters. The zero-order valence-corrected chi connectivity index (χ0v) is 14.5. The number of rotatable bonds is 12. The van der Waals surface area contributed by atoms with Gasteiger partial charge in [-0.15, -0.1) is 0 Å². The standard InChI is InChI=1S/C11H22N8O6S/c12-6(2-1-3-15-11(13)14)9-17-8(25-18-9)4-16-26(23,24)19-7(5-20)10(21)22/h6-7,16,19-20H,1-5,12H2,(H,21,22)(H4,13,14,15). The molecule has 1 rings (SSSR count). The lowest BCUT2D eigenvalue weighted by atomic mass is 10.1. The molecule has 148 valence electrons. The maximum Gasteiger partial charge on any atom is 0.324 e. The molecule has 0 bridgehead atoms. The van der Waals surface area contributed by atoms with Gasteiger partial charge in [0.25, 0.3) is 10.2 Å². The molecule has 0 amide bonds. The third kappa shape index (κ3) is 7.70. The van der Waals surface area contributed by atoms with E-state index in [-0.39, 0.29) is 17.7 Å². The SMILES string of the molecule is N=C(N)NCCCC(N)c1noc(CNS(=O)(=O)NC(CO)C(=O)O)n1. The van der Waals surface area contributed by atoms with Gasteiger partial charge in [-0.3, -0.25) is 10.2 Å². The summed E-state index contributed by atoms with van der Waals surface area (Å²) in [6.45, 7) is -0.845. The number of aliphatic hydroxyl groups excluding tert-OH is 1. The van der Waals surface area contributed by atoms with E-state index in [0.29, 0.717) is 19.4 Å². The molecule has 0 radical (unpaired) electrons. The Hall–Kier alpha value is -2.33. The van der Waals surface area contributed by atoms with Crippen LogP contribution in [0.25, 0.3) is 0 Å². The lowest BCUT2D eigenvalue weighted by Gasteiger charge is -2.11. The highest BCUT2D eigenvalue weighted by molar-refractivity contribution is 7.87. The Kier molecular flexibility index (Phi) is 8.33. The molecule has 0 saturated heterocycles. The van der Waals surface area contributed by atoms with Crippen LogP contribution in [0.5, 0.6) is 0 Å². The molecule has 0 fully saturated rings. The normalized spacial score (nSPS) is 13.9. The van der Waals surface area contributed by atoms with Crippen LogP contribution >= 0.6 is 0 Å². The zero-order chi connectivity index (χ0) is 19.7. The highest BCUT2D eigenvalue weighted by atomic mass is 32.2. The number of hydrogen-bond donors (Lipinski definition) is 8. The van der Waals surface area contributed by atoms with E-state index in [1.807, 2.05) is 4.72 Å². The van der Waals surface area contributed by atoms with Crippen LogP contribution in [0.3, 0.4) is 0 Å². The monoisotopic (exact) mass is 394 g/mol. The molecule has 0 aliphatic carbocycles. The van der Waals surface area contributed by atoms with E-state index in [0.717, 1.165) is 0 Å². The van der Waals surface area contributed by atoms with Crippen molar-refractivity contribution in [2.45, 2.75) is 31.5 Å². The maximum atomic E-state index is 11.7. The molecule has 26 heavy (non-hydrogen) atoms. The highest BCUT2D eigenvalue weighted by Crippen LogP contribution is 2.12. The number of hydrogen-bond acceptors (Lipinski definition) is 9. The molecule has 2 unspecified atom stereocenters. The fraction of sp³-hybridized carbons (Fsp3) is 0.636.